The third kappa shape index (κ3) is 6.43. The van der Waals surface area contributed by atoms with Gasteiger partial charge in [-0.15, -0.1) is 0 Å². The summed E-state index contributed by atoms with van der Waals surface area (Å²) in [6, 6.07) is 12.8. The summed E-state index contributed by atoms with van der Waals surface area (Å²) in [7, 11) is 0. The van der Waals surface area contributed by atoms with E-state index in [2.05, 4.69) is 16.7 Å². The average molecular weight is 365 g/mol. The van der Waals surface area contributed by atoms with Gasteiger partial charge in [0.05, 0.1) is 6.54 Å². The Kier molecular flexibility index (Phi) is 6.88. The highest BCUT2D eigenvalue weighted by atomic mass is 16.2. The van der Waals surface area contributed by atoms with Crippen molar-refractivity contribution < 1.29 is 14.4 Å². The molecule has 2 rings (SSSR count). The number of hydrogen-bond acceptors (Lipinski definition) is 3. The van der Waals surface area contributed by atoms with Gasteiger partial charge in [-0.25, -0.2) is 0 Å². The van der Waals surface area contributed by atoms with Crippen molar-refractivity contribution in [2.75, 3.05) is 6.54 Å². The monoisotopic (exact) mass is 365 g/mol. The molecule has 0 spiro atoms. The summed E-state index contributed by atoms with van der Waals surface area (Å²) in [6.45, 7) is 4.17. The largest absolute Gasteiger partial charge is 0.368 e. The molecular weight excluding hydrogens is 342 g/mol. The summed E-state index contributed by atoms with van der Waals surface area (Å²) >= 11 is 0. The second-order valence-electron chi connectivity index (χ2n) is 6.26. The van der Waals surface area contributed by atoms with Gasteiger partial charge in [-0.2, -0.15) is 0 Å². The lowest BCUT2D eigenvalue weighted by molar-refractivity contribution is -0.117. The van der Waals surface area contributed by atoms with Crippen LogP contribution in [0.2, 0.25) is 0 Å². The first-order valence-electron chi connectivity index (χ1n) is 8.54. The molecule has 0 aliphatic rings. The lowest BCUT2D eigenvalue weighted by atomic mass is 10.1. The van der Waals surface area contributed by atoms with E-state index in [1.807, 2.05) is 26.0 Å². The van der Waals surface area contributed by atoms with Crippen LogP contribution in [0.4, 0.5) is 0 Å². The third-order valence-electron chi connectivity index (χ3n) is 3.95. The van der Waals surface area contributed by atoms with Crippen molar-refractivity contribution in [3.63, 3.8) is 0 Å². The zero-order valence-electron chi connectivity index (χ0n) is 15.4. The molecule has 3 amide bonds. The summed E-state index contributed by atoms with van der Waals surface area (Å²) < 4.78 is 0. The molecule has 4 N–H and O–H groups in total. The molecule has 140 valence electrons. The van der Waals surface area contributed by atoms with Gasteiger partial charge in [-0.1, -0.05) is 35.9 Å². The fourth-order valence-corrected chi connectivity index (χ4v) is 2.47. The molecule has 0 heterocycles. The molecule has 0 radical (unpaired) electrons. The molecule has 0 fully saturated rings. The first-order chi connectivity index (χ1) is 12.8. The second-order valence-corrected chi connectivity index (χ2v) is 6.26. The zero-order chi connectivity index (χ0) is 19.8. The minimum atomic E-state index is -0.600. The van der Waals surface area contributed by atoms with Crippen LogP contribution in [0.3, 0.4) is 0 Å². The molecule has 2 aromatic carbocycles. The van der Waals surface area contributed by atoms with Crippen LogP contribution in [0, 0.1) is 13.8 Å². The van der Waals surface area contributed by atoms with E-state index in [-0.39, 0.29) is 18.4 Å². The SMILES string of the molecule is Cc1ccc(/C=C/C(=O)NCc2ccc(C(=O)NCC(N)=O)cc2)c(C)c1. The van der Waals surface area contributed by atoms with Crippen molar-refractivity contribution in [2.45, 2.75) is 20.4 Å². The van der Waals surface area contributed by atoms with Gasteiger partial charge in [0, 0.05) is 18.2 Å². The fourth-order valence-electron chi connectivity index (χ4n) is 2.47. The Hall–Kier alpha value is -3.41. The second kappa shape index (κ2) is 9.33. The maximum Gasteiger partial charge on any atom is 0.251 e. The maximum atomic E-state index is 12.0. The van der Waals surface area contributed by atoms with Gasteiger partial charge in [-0.3, -0.25) is 14.4 Å². The standard InChI is InChI=1S/C21H23N3O3/c1-14-3-6-17(15(2)11-14)9-10-20(26)23-12-16-4-7-18(8-5-16)21(27)24-13-19(22)25/h3-11H,12-13H2,1-2H3,(H2,22,25)(H,23,26)(H,24,27)/b10-9+. The number of primary amides is 1. The van der Waals surface area contributed by atoms with Crippen LogP contribution >= 0.6 is 0 Å². The van der Waals surface area contributed by atoms with E-state index in [0.29, 0.717) is 12.1 Å². The number of nitrogens with one attached hydrogen (secondary N) is 2. The number of aryl methyl sites for hydroxylation is 2. The normalized spacial score (nSPS) is 10.6. The molecule has 0 aliphatic carbocycles. The molecule has 0 unspecified atom stereocenters. The van der Waals surface area contributed by atoms with E-state index in [1.54, 1.807) is 30.3 Å². The number of nitrogens with two attached hydrogens (primary N) is 1. The summed E-state index contributed by atoms with van der Waals surface area (Å²) in [5.41, 5.74) is 9.56. The van der Waals surface area contributed by atoms with Crippen LogP contribution in [-0.4, -0.2) is 24.3 Å². The Morgan fingerprint density at radius 2 is 1.70 bits per heavy atom. The molecule has 0 atom stereocenters. The van der Waals surface area contributed by atoms with E-state index in [0.717, 1.165) is 16.7 Å². The van der Waals surface area contributed by atoms with Crippen LogP contribution in [0.15, 0.2) is 48.5 Å². The minimum Gasteiger partial charge on any atom is -0.368 e. The zero-order valence-corrected chi connectivity index (χ0v) is 15.4. The minimum absolute atomic E-state index is 0.196. The molecule has 0 saturated carbocycles. The summed E-state index contributed by atoms with van der Waals surface area (Å²) in [5, 5.41) is 5.22. The van der Waals surface area contributed by atoms with E-state index >= 15 is 0 Å². The van der Waals surface area contributed by atoms with E-state index in [1.165, 1.54) is 11.6 Å². The highest BCUT2D eigenvalue weighted by Crippen LogP contribution is 2.12. The van der Waals surface area contributed by atoms with Crippen molar-refractivity contribution in [3.8, 4) is 0 Å². The van der Waals surface area contributed by atoms with Gasteiger partial charge in [0.1, 0.15) is 0 Å². The number of hydrogen-bond donors (Lipinski definition) is 3. The average Bonchev–Trinajstić information content (AvgIpc) is 2.64. The lowest BCUT2D eigenvalue weighted by Crippen LogP contribution is -2.33. The predicted molar refractivity (Wildman–Crippen MR) is 105 cm³/mol. The Balaban J connectivity index is 1.86. The summed E-state index contributed by atoms with van der Waals surface area (Å²) in [6.07, 6.45) is 3.29. The van der Waals surface area contributed by atoms with E-state index < -0.39 is 5.91 Å². The van der Waals surface area contributed by atoms with Crippen molar-refractivity contribution in [1.82, 2.24) is 10.6 Å². The Bertz CT molecular complexity index is 871. The maximum absolute atomic E-state index is 12.0. The fraction of sp³-hybridized carbons (Fsp3) is 0.190. The molecule has 0 saturated heterocycles. The van der Waals surface area contributed by atoms with Crippen LogP contribution < -0.4 is 16.4 Å². The van der Waals surface area contributed by atoms with Gasteiger partial charge in [0.2, 0.25) is 11.8 Å². The van der Waals surface area contributed by atoms with E-state index in [4.69, 9.17) is 5.73 Å². The summed E-state index contributed by atoms with van der Waals surface area (Å²) in [4.78, 5) is 34.5. The Morgan fingerprint density at radius 3 is 2.33 bits per heavy atom. The smallest absolute Gasteiger partial charge is 0.251 e. The van der Waals surface area contributed by atoms with Gasteiger partial charge < -0.3 is 16.4 Å². The number of rotatable bonds is 7. The Morgan fingerprint density at radius 1 is 1.00 bits per heavy atom. The highest BCUT2D eigenvalue weighted by Gasteiger charge is 2.06. The molecule has 0 bridgehead atoms. The van der Waals surface area contributed by atoms with Crippen LogP contribution in [0.1, 0.15) is 32.6 Å². The number of amides is 3. The highest BCUT2D eigenvalue weighted by molar-refractivity contribution is 5.96. The lowest BCUT2D eigenvalue weighted by Gasteiger charge is -2.06. The van der Waals surface area contributed by atoms with Crippen LogP contribution in [0.5, 0.6) is 0 Å². The van der Waals surface area contributed by atoms with Gasteiger partial charge in [0.25, 0.3) is 5.91 Å². The quantitative estimate of drug-likeness (QED) is 0.653. The van der Waals surface area contributed by atoms with E-state index in [9.17, 15) is 14.4 Å². The van der Waals surface area contributed by atoms with Gasteiger partial charge in [-0.05, 0) is 48.7 Å². The molecule has 6 heteroatoms. The van der Waals surface area contributed by atoms with Crippen molar-refractivity contribution in [2.24, 2.45) is 5.73 Å². The van der Waals surface area contributed by atoms with Crippen molar-refractivity contribution in [1.29, 1.82) is 0 Å². The topological polar surface area (TPSA) is 101 Å². The molecule has 6 nitrogen and oxygen atoms in total. The number of carbonyl (C=O) groups is 3. The molecule has 27 heavy (non-hydrogen) atoms. The summed E-state index contributed by atoms with van der Waals surface area (Å²) in [5.74, 6) is -1.17. The van der Waals surface area contributed by atoms with Crippen molar-refractivity contribution in [3.05, 3.63) is 76.4 Å². The molecule has 2 aromatic rings. The van der Waals surface area contributed by atoms with Gasteiger partial charge >= 0.3 is 0 Å². The molecular formula is C21H23N3O3. The number of benzene rings is 2. The Labute approximate surface area is 158 Å². The van der Waals surface area contributed by atoms with Crippen LogP contribution in [0.25, 0.3) is 6.08 Å². The molecule has 0 aromatic heterocycles. The molecule has 0 aliphatic heterocycles. The van der Waals surface area contributed by atoms with Gasteiger partial charge in [0.15, 0.2) is 0 Å². The predicted octanol–water partition coefficient (Wildman–Crippen LogP) is 1.85. The number of carbonyl (C=O) groups excluding carboxylic acids is 3. The third-order valence-corrected chi connectivity index (χ3v) is 3.95. The van der Waals surface area contributed by atoms with Crippen molar-refractivity contribution >= 4 is 23.8 Å². The first kappa shape index (κ1) is 19.9. The van der Waals surface area contributed by atoms with Crippen LogP contribution in [-0.2, 0) is 16.1 Å². The first-order valence-corrected chi connectivity index (χ1v) is 8.54.